The number of benzene rings is 1. The number of hydrogen-bond donors (Lipinski definition) is 1. The van der Waals surface area contributed by atoms with Crippen molar-refractivity contribution in [3.05, 3.63) is 24.3 Å². The number of ether oxygens (including phenoxy) is 2. The number of likely N-dealkylation sites (N-methyl/N-ethyl adjacent to an activating group) is 1. The van der Waals surface area contributed by atoms with Crippen LogP contribution < -0.4 is 10.1 Å². The maximum atomic E-state index is 12.5. The van der Waals surface area contributed by atoms with E-state index in [2.05, 4.69) is 5.32 Å². The van der Waals surface area contributed by atoms with Crippen LogP contribution in [0, 0.1) is 0 Å². The van der Waals surface area contributed by atoms with Crippen molar-refractivity contribution in [1.29, 1.82) is 0 Å². The molecule has 0 radical (unpaired) electrons. The number of carbonyl (C=O) groups excluding carboxylic acids is 1. The van der Waals surface area contributed by atoms with Crippen LogP contribution in [-0.4, -0.2) is 58.1 Å². The highest BCUT2D eigenvalue weighted by molar-refractivity contribution is 7.89. The van der Waals surface area contributed by atoms with Gasteiger partial charge in [0.2, 0.25) is 15.9 Å². The van der Waals surface area contributed by atoms with Crippen molar-refractivity contribution in [2.75, 3.05) is 33.4 Å². The maximum Gasteiger partial charge on any atom is 0.243 e. The minimum atomic E-state index is -3.72. The molecule has 0 aliphatic rings. The van der Waals surface area contributed by atoms with Crippen molar-refractivity contribution in [2.24, 2.45) is 0 Å². The SMILES string of the molecule is CCOc1ccc(S(=O)(=O)N(C)CC(=O)NCCCOC(C)C)cc1. The van der Waals surface area contributed by atoms with Crippen molar-refractivity contribution in [3.8, 4) is 5.75 Å². The molecule has 0 bridgehead atoms. The fourth-order valence-electron chi connectivity index (χ4n) is 2.02. The first-order valence-electron chi connectivity index (χ1n) is 8.35. The zero-order valence-electron chi connectivity index (χ0n) is 15.3. The van der Waals surface area contributed by atoms with Crippen LogP contribution >= 0.6 is 0 Å². The van der Waals surface area contributed by atoms with E-state index in [1.165, 1.54) is 19.2 Å². The smallest absolute Gasteiger partial charge is 0.243 e. The molecule has 1 N–H and O–H groups in total. The quantitative estimate of drug-likeness (QED) is 0.597. The van der Waals surface area contributed by atoms with E-state index >= 15 is 0 Å². The standard InChI is InChI=1S/C17H28N2O5S/c1-5-23-15-7-9-16(10-8-15)25(21,22)19(4)13-17(20)18-11-6-12-24-14(2)3/h7-10,14H,5-6,11-13H2,1-4H3,(H,18,20). The molecule has 1 amide bonds. The van der Waals surface area contributed by atoms with E-state index < -0.39 is 10.0 Å². The molecule has 0 aliphatic carbocycles. The monoisotopic (exact) mass is 372 g/mol. The van der Waals surface area contributed by atoms with Gasteiger partial charge < -0.3 is 14.8 Å². The first-order valence-corrected chi connectivity index (χ1v) is 9.79. The summed E-state index contributed by atoms with van der Waals surface area (Å²) in [4.78, 5) is 12.0. The minimum absolute atomic E-state index is 0.122. The van der Waals surface area contributed by atoms with Gasteiger partial charge in [0.1, 0.15) is 5.75 Å². The number of nitrogens with one attached hydrogen (secondary N) is 1. The maximum absolute atomic E-state index is 12.5. The lowest BCUT2D eigenvalue weighted by Crippen LogP contribution is -2.38. The molecule has 0 spiro atoms. The first-order chi connectivity index (χ1) is 11.8. The van der Waals surface area contributed by atoms with Crippen LogP contribution in [0.15, 0.2) is 29.2 Å². The van der Waals surface area contributed by atoms with E-state index in [0.717, 1.165) is 4.31 Å². The topological polar surface area (TPSA) is 84.9 Å². The molecule has 0 aliphatic heterocycles. The Morgan fingerprint density at radius 3 is 2.44 bits per heavy atom. The second-order valence-electron chi connectivity index (χ2n) is 5.79. The van der Waals surface area contributed by atoms with Gasteiger partial charge in [-0.25, -0.2) is 8.42 Å². The Labute approximate surface area is 150 Å². The molecule has 0 fully saturated rings. The predicted octanol–water partition coefficient (Wildman–Crippen LogP) is 1.64. The molecule has 0 atom stereocenters. The van der Waals surface area contributed by atoms with Gasteiger partial charge in [-0.3, -0.25) is 4.79 Å². The molecular weight excluding hydrogens is 344 g/mol. The van der Waals surface area contributed by atoms with E-state index in [4.69, 9.17) is 9.47 Å². The van der Waals surface area contributed by atoms with Crippen LogP contribution in [0.25, 0.3) is 0 Å². The Morgan fingerprint density at radius 2 is 1.88 bits per heavy atom. The molecule has 7 nitrogen and oxygen atoms in total. The molecule has 0 heterocycles. The van der Waals surface area contributed by atoms with E-state index in [1.807, 2.05) is 20.8 Å². The van der Waals surface area contributed by atoms with Crippen LogP contribution in [0.4, 0.5) is 0 Å². The van der Waals surface area contributed by atoms with Crippen molar-refractivity contribution in [1.82, 2.24) is 9.62 Å². The van der Waals surface area contributed by atoms with Crippen molar-refractivity contribution in [2.45, 2.75) is 38.2 Å². The van der Waals surface area contributed by atoms with Gasteiger partial charge in [0.15, 0.2) is 0 Å². The fraction of sp³-hybridized carbons (Fsp3) is 0.588. The largest absolute Gasteiger partial charge is 0.494 e. The van der Waals surface area contributed by atoms with Crippen LogP contribution in [0.3, 0.4) is 0 Å². The molecule has 0 unspecified atom stereocenters. The summed E-state index contributed by atoms with van der Waals surface area (Å²) in [6, 6.07) is 6.13. The fourth-order valence-corrected chi connectivity index (χ4v) is 3.14. The molecule has 1 aromatic rings. The molecule has 1 aromatic carbocycles. The van der Waals surface area contributed by atoms with Gasteiger partial charge in [-0.1, -0.05) is 0 Å². The Morgan fingerprint density at radius 1 is 1.24 bits per heavy atom. The van der Waals surface area contributed by atoms with Crippen molar-refractivity contribution < 1.29 is 22.7 Å². The number of hydrogen-bond acceptors (Lipinski definition) is 5. The number of rotatable bonds is 11. The van der Waals surface area contributed by atoms with Gasteiger partial charge in [0.05, 0.1) is 24.2 Å². The van der Waals surface area contributed by atoms with Crippen LogP contribution in [0.5, 0.6) is 5.75 Å². The summed E-state index contributed by atoms with van der Waals surface area (Å²) in [6.45, 7) is 7.01. The Kier molecular flexibility index (Phi) is 8.88. The van der Waals surface area contributed by atoms with Gasteiger partial charge in [-0.15, -0.1) is 0 Å². The first kappa shape index (κ1) is 21.4. The summed E-state index contributed by atoms with van der Waals surface area (Å²) in [5.41, 5.74) is 0. The number of amides is 1. The second-order valence-corrected chi connectivity index (χ2v) is 7.83. The van der Waals surface area contributed by atoms with Gasteiger partial charge in [0, 0.05) is 20.2 Å². The van der Waals surface area contributed by atoms with E-state index in [9.17, 15) is 13.2 Å². The summed E-state index contributed by atoms with van der Waals surface area (Å²) in [7, 11) is -2.34. The Balaban J connectivity index is 2.51. The molecule has 0 saturated carbocycles. The summed E-state index contributed by atoms with van der Waals surface area (Å²) in [6.07, 6.45) is 0.834. The van der Waals surface area contributed by atoms with E-state index in [1.54, 1.807) is 12.1 Å². The lowest BCUT2D eigenvalue weighted by atomic mass is 10.3. The third kappa shape index (κ3) is 7.41. The summed E-state index contributed by atoms with van der Waals surface area (Å²) >= 11 is 0. The summed E-state index contributed by atoms with van der Waals surface area (Å²) < 4.78 is 36.6. The van der Waals surface area contributed by atoms with Crippen molar-refractivity contribution >= 4 is 15.9 Å². The van der Waals surface area contributed by atoms with Crippen LogP contribution in [0.2, 0.25) is 0 Å². The Hall–Kier alpha value is -1.64. The van der Waals surface area contributed by atoms with Crippen LogP contribution in [0.1, 0.15) is 27.2 Å². The number of sulfonamides is 1. The highest BCUT2D eigenvalue weighted by atomic mass is 32.2. The summed E-state index contributed by atoms with van der Waals surface area (Å²) in [5, 5.41) is 2.69. The molecular formula is C17H28N2O5S. The van der Waals surface area contributed by atoms with Gasteiger partial charge in [-0.05, 0) is 51.5 Å². The van der Waals surface area contributed by atoms with Gasteiger partial charge in [0.25, 0.3) is 0 Å². The predicted molar refractivity (Wildman–Crippen MR) is 96.1 cm³/mol. The second kappa shape index (κ2) is 10.4. The molecule has 142 valence electrons. The Bertz CT molecular complexity index is 629. The van der Waals surface area contributed by atoms with Gasteiger partial charge in [-0.2, -0.15) is 4.31 Å². The third-order valence-corrected chi connectivity index (χ3v) is 5.12. The average molecular weight is 372 g/mol. The molecule has 0 saturated heterocycles. The average Bonchev–Trinajstić information content (AvgIpc) is 2.55. The zero-order chi connectivity index (χ0) is 18.9. The van der Waals surface area contributed by atoms with E-state index in [-0.39, 0.29) is 23.5 Å². The van der Waals surface area contributed by atoms with E-state index in [0.29, 0.717) is 31.9 Å². The van der Waals surface area contributed by atoms with Crippen molar-refractivity contribution in [3.63, 3.8) is 0 Å². The zero-order valence-corrected chi connectivity index (χ0v) is 16.1. The molecule has 25 heavy (non-hydrogen) atoms. The lowest BCUT2D eigenvalue weighted by molar-refractivity contribution is -0.121. The lowest BCUT2D eigenvalue weighted by Gasteiger charge is -2.17. The third-order valence-electron chi connectivity index (χ3n) is 3.30. The molecule has 0 aromatic heterocycles. The number of carbonyl (C=O) groups is 1. The van der Waals surface area contributed by atoms with Gasteiger partial charge >= 0.3 is 0 Å². The van der Waals surface area contributed by atoms with Crippen LogP contribution in [-0.2, 0) is 19.6 Å². The minimum Gasteiger partial charge on any atom is -0.494 e. The summed E-state index contributed by atoms with van der Waals surface area (Å²) in [5.74, 6) is 0.257. The number of nitrogens with zero attached hydrogens (tertiary/aromatic N) is 1. The molecule has 8 heteroatoms. The highest BCUT2D eigenvalue weighted by Crippen LogP contribution is 2.18. The normalized spacial score (nSPS) is 11.8. The highest BCUT2D eigenvalue weighted by Gasteiger charge is 2.22. The molecule has 1 rings (SSSR count).